The smallest absolute Gasteiger partial charge is 0.134 e. The number of rotatable bonds is 4. The molecule has 4 rings (SSSR count). The fourth-order valence-corrected chi connectivity index (χ4v) is 4.52. The molecule has 0 radical (unpaired) electrons. The lowest BCUT2D eigenvalue weighted by atomic mass is 10.0. The van der Waals surface area contributed by atoms with Gasteiger partial charge in [0.15, 0.2) is 0 Å². The summed E-state index contributed by atoms with van der Waals surface area (Å²) in [4.78, 5) is 16.2. The topological polar surface area (TPSA) is 65.0 Å². The maximum absolute atomic E-state index is 9.58. The van der Waals surface area contributed by atoms with E-state index in [2.05, 4.69) is 37.7 Å². The highest BCUT2D eigenvalue weighted by molar-refractivity contribution is 5.52. The van der Waals surface area contributed by atoms with Crippen molar-refractivity contribution in [2.45, 2.75) is 31.8 Å². The van der Waals surface area contributed by atoms with Crippen LogP contribution in [0.15, 0.2) is 12.4 Å². The molecule has 3 fully saturated rings. The van der Waals surface area contributed by atoms with Crippen molar-refractivity contribution in [2.24, 2.45) is 5.92 Å². The Kier molecular flexibility index (Phi) is 5.05. The molecule has 1 N–H and O–H groups in total. The van der Waals surface area contributed by atoms with Crippen LogP contribution in [0.5, 0.6) is 0 Å². The van der Waals surface area contributed by atoms with Gasteiger partial charge in [0.25, 0.3) is 0 Å². The number of aliphatic hydroxyl groups is 1. The van der Waals surface area contributed by atoms with Gasteiger partial charge in [0.1, 0.15) is 18.0 Å². The van der Waals surface area contributed by atoms with E-state index in [9.17, 15) is 5.11 Å². The first-order valence-electron chi connectivity index (χ1n) is 9.52. The Balaban J connectivity index is 1.48. The molecule has 1 aromatic rings. The molecule has 7 heteroatoms. The van der Waals surface area contributed by atoms with Gasteiger partial charge in [-0.3, -0.25) is 4.90 Å². The van der Waals surface area contributed by atoms with E-state index in [-0.39, 0.29) is 12.6 Å². The normalized spacial score (nSPS) is 31.0. The molecule has 3 aliphatic heterocycles. The molecule has 7 nitrogen and oxygen atoms in total. The Hall–Kier alpha value is -1.44. The molecule has 25 heavy (non-hydrogen) atoms. The average Bonchev–Trinajstić information content (AvgIpc) is 3.29. The Morgan fingerprint density at radius 3 is 2.76 bits per heavy atom. The lowest BCUT2D eigenvalue weighted by Gasteiger charge is -2.34. The molecule has 0 saturated carbocycles. The number of anilines is 2. The van der Waals surface area contributed by atoms with Gasteiger partial charge in [-0.05, 0) is 18.8 Å². The van der Waals surface area contributed by atoms with Gasteiger partial charge in [-0.1, -0.05) is 6.92 Å². The van der Waals surface area contributed by atoms with Gasteiger partial charge in [0.05, 0.1) is 25.9 Å². The molecule has 0 spiro atoms. The molecule has 0 amide bonds. The van der Waals surface area contributed by atoms with Crippen LogP contribution in [0, 0.1) is 5.92 Å². The third-order valence-corrected chi connectivity index (χ3v) is 5.93. The van der Waals surface area contributed by atoms with Crippen molar-refractivity contribution in [2.75, 3.05) is 62.3 Å². The summed E-state index contributed by atoms with van der Waals surface area (Å²) in [5, 5.41) is 9.58. The minimum atomic E-state index is 0.194. The van der Waals surface area contributed by atoms with Crippen LogP contribution in [0.25, 0.3) is 0 Å². The monoisotopic (exact) mass is 347 g/mol. The van der Waals surface area contributed by atoms with E-state index >= 15 is 0 Å². The first-order valence-corrected chi connectivity index (χ1v) is 9.52. The van der Waals surface area contributed by atoms with Crippen molar-refractivity contribution >= 4 is 11.6 Å². The maximum atomic E-state index is 9.58. The Bertz CT molecular complexity index is 580. The first-order chi connectivity index (χ1) is 12.3. The summed E-state index contributed by atoms with van der Waals surface area (Å²) in [7, 11) is 0. The van der Waals surface area contributed by atoms with Crippen LogP contribution in [-0.2, 0) is 4.74 Å². The van der Waals surface area contributed by atoms with Crippen molar-refractivity contribution in [1.82, 2.24) is 14.9 Å². The van der Waals surface area contributed by atoms with E-state index in [0.717, 1.165) is 70.4 Å². The van der Waals surface area contributed by atoms with Gasteiger partial charge in [-0.25, -0.2) is 9.97 Å². The molecule has 0 bridgehead atoms. The molecular weight excluding hydrogens is 318 g/mol. The van der Waals surface area contributed by atoms with Gasteiger partial charge in [0, 0.05) is 44.8 Å². The van der Waals surface area contributed by atoms with E-state index in [1.54, 1.807) is 6.33 Å². The zero-order valence-electron chi connectivity index (χ0n) is 15.0. The lowest BCUT2D eigenvalue weighted by Crippen LogP contribution is -2.46. The van der Waals surface area contributed by atoms with Crippen LogP contribution in [0.3, 0.4) is 0 Å². The van der Waals surface area contributed by atoms with Crippen LogP contribution >= 0.6 is 0 Å². The Labute approximate surface area is 149 Å². The fraction of sp³-hybridized carbons (Fsp3) is 0.778. The molecule has 138 valence electrons. The summed E-state index contributed by atoms with van der Waals surface area (Å²) in [5.74, 6) is 2.58. The standard InChI is InChI=1S/C18H29N5O2/c1-14-10-22(11-16(14)21-5-7-25-8-6-21)17-9-18(20-13-19-17)23-4-2-3-15(23)12-24/h9,13-16,24H,2-8,10-12H2,1H3. The third-order valence-electron chi connectivity index (χ3n) is 5.93. The van der Waals surface area contributed by atoms with Crippen LogP contribution in [0.1, 0.15) is 19.8 Å². The molecule has 3 unspecified atom stereocenters. The molecule has 3 saturated heterocycles. The fourth-order valence-electron chi connectivity index (χ4n) is 4.52. The third kappa shape index (κ3) is 3.45. The van der Waals surface area contributed by atoms with E-state index < -0.39 is 0 Å². The molecule has 0 aliphatic carbocycles. The van der Waals surface area contributed by atoms with E-state index in [4.69, 9.17) is 4.74 Å². The van der Waals surface area contributed by atoms with Crippen molar-refractivity contribution in [3.8, 4) is 0 Å². The maximum Gasteiger partial charge on any atom is 0.134 e. The van der Waals surface area contributed by atoms with Crippen molar-refractivity contribution < 1.29 is 9.84 Å². The minimum absolute atomic E-state index is 0.194. The summed E-state index contributed by atoms with van der Waals surface area (Å²) in [5.41, 5.74) is 0. The second kappa shape index (κ2) is 7.43. The van der Waals surface area contributed by atoms with E-state index in [1.165, 1.54) is 0 Å². The largest absolute Gasteiger partial charge is 0.394 e. The number of nitrogens with zero attached hydrogens (tertiary/aromatic N) is 5. The molecule has 0 aromatic carbocycles. The van der Waals surface area contributed by atoms with E-state index in [0.29, 0.717) is 12.0 Å². The summed E-state index contributed by atoms with van der Waals surface area (Å²) < 4.78 is 5.50. The molecule has 3 atom stereocenters. The first kappa shape index (κ1) is 17.0. The highest BCUT2D eigenvalue weighted by atomic mass is 16.5. The summed E-state index contributed by atoms with van der Waals surface area (Å²) in [6.45, 7) is 9.30. The molecule has 1 aromatic heterocycles. The zero-order chi connectivity index (χ0) is 17.2. The predicted octanol–water partition coefficient (Wildman–Crippen LogP) is 0.595. The summed E-state index contributed by atoms with van der Waals surface area (Å²) in [6.07, 6.45) is 3.82. The summed E-state index contributed by atoms with van der Waals surface area (Å²) in [6, 6.07) is 2.86. The lowest BCUT2D eigenvalue weighted by molar-refractivity contribution is 0.0134. The second-order valence-electron chi connectivity index (χ2n) is 7.50. The minimum Gasteiger partial charge on any atom is -0.394 e. The quantitative estimate of drug-likeness (QED) is 0.855. The van der Waals surface area contributed by atoms with Gasteiger partial charge in [-0.2, -0.15) is 0 Å². The number of hydrogen-bond acceptors (Lipinski definition) is 7. The number of aromatic nitrogens is 2. The van der Waals surface area contributed by atoms with Gasteiger partial charge < -0.3 is 19.6 Å². The predicted molar refractivity (Wildman–Crippen MR) is 97.0 cm³/mol. The number of hydrogen-bond donors (Lipinski definition) is 1. The Morgan fingerprint density at radius 1 is 1.16 bits per heavy atom. The van der Waals surface area contributed by atoms with Crippen molar-refractivity contribution in [1.29, 1.82) is 0 Å². The van der Waals surface area contributed by atoms with Crippen LogP contribution in [0.4, 0.5) is 11.6 Å². The highest BCUT2D eigenvalue weighted by Crippen LogP contribution is 2.30. The number of ether oxygens (including phenoxy) is 1. The molecular formula is C18H29N5O2. The van der Waals surface area contributed by atoms with Gasteiger partial charge in [0.2, 0.25) is 0 Å². The average molecular weight is 347 g/mol. The molecule has 4 heterocycles. The van der Waals surface area contributed by atoms with Crippen LogP contribution in [-0.4, -0.2) is 84.6 Å². The number of aliphatic hydroxyl groups excluding tert-OH is 1. The van der Waals surface area contributed by atoms with Gasteiger partial charge in [-0.15, -0.1) is 0 Å². The van der Waals surface area contributed by atoms with Crippen LogP contribution in [0.2, 0.25) is 0 Å². The number of morpholine rings is 1. The SMILES string of the molecule is CC1CN(c2cc(N3CCCC3CO)ncn2)CC1N1CCOCC1. The zero-order valence-corrected chi connectivity index (χ0v) is 15.0. The van der Waals surface area contributed by atoms with Gasteiger partial charge >= 0.3 is 0 Å². The highest BCUT2D eigenvalue weighted by Gasteiger charge is 2.35. The molecule has 3 aliphatic rings. The van der Waals surface area contributed by atoms with Crippen molar-refractivity contribution in [3.05, 3.63) is 12.4 Å². The van der Waals surface area contributed by atoms with Crippen LogP contribution < -0.4 is 9.80 Å². The van der Waals surface area contributed by atoms with Crippen molar-refractivity contribution in [3.63, 3.8) is 0 Å². The van der Waals surface area contributed by atoms with E-state index in [1.807, 2.05) is 0 Å². The second-order valence-corrected chi connectivity index (χ2v) is 7.50. The Morgan fingerprint density at radius 2 is 1.96 bits per heavy atom. The summed E-state index contributed by atoms with van der Waals surface area (Å²) >= 11 is 0.